The predicted molar refractivity (Wildman–Crippen MR) is 61.2 cm³/mol. The van der Waals surface area contributed by atoms with Gasteiger partial charge in [-0.25, -0.2) is 26.6 Å². The minimum atomic E-state index is -2.89. The van der Waals surface area contributed by atoms with Crippen LogP contribution in [0, 0.1) is 17.5 Å². The van der Waals surface area contributed by atoms with Crippen molar-refractivity contribution in [3.63, 3.8) is 0 Å². The van der Waals surface area contributed by atoms with Crippen molar-refractivity contribution >= 4 is 0 Å². The third-order valence-electron chi connectivity index (χ3n) is 2.67. The van der Waals surface area contributed by atoms with Gasteiger partial charge in [0.2, 0.25) is 0 Å². The Hall–Kier alpha value is -1.96. The molecule has 0 aliphatic rings. The Labute approximate surface area is 111 Å². The normalized spacial score (nSPS) is 11.3. The average Bonchev–Trinajstić information content (AvgIpc) is 2.79. The molecule has 0 radical (unpaired) electrons. The highest BCUT2D eigenvalue weighted by molar-refractivity contribution is 5.37. The van der Waals surface area contributed by atoms with Gasteiger partial charge in [-0.05, 0) is 7.05 Å². The van der Waals surface area contributed by atoms with Crippen molar-refractivity contribution in [2.45, 2.75) is 13.0 Å². The van der Waals surface area contributed by atoms with Crippen LogP contribution in [0.25, 0.3) is 5.69 Å². The molecule has 3 nitrogen and oxygen atoms in total. The molecule has 0 fully saturated rings. The fourth-order valence-corrected chi connectivity index (χ4v) is 1.82. The minimum Gasteiger partial charge on any atom is -0.316 e. The Bertz CT molecular complexity index is 601. The first-order valence-corrected chi connectivity index (χ1v) is 5.60. The van der Waals surface area contributed by atoms with E-state index in [-0.39, 0.29) is 17.8 Å². The van der Waals surface area contributed by atoms with E-state index in [9.17, 15) is 22.0 Å². The van der Waals surface area contributed by atoms with Gasteiger partial charge < -0.3 is 5.32 Å². The lowest BCUT2D eigenvalue weighted by molar-refractivity contribution is 0.141. The third-order valence-corrected chi connectivity index (χ3v) is 2.67. The van der Waals surface area contributed by atoms with E-state index < -0.39 is 29.6 Å². The van der Waals surface area contributed by atoms with Gasteiger partial charge in [-0.2, -0.15) is 5.10 Å². The monoisotopic (exact) mass is 291 g/mol. The van der Waals surface area contributed by atoms with Crippen LogP contribution >= 0.6 is 0 Å². The van der Waals surface area contributed by atoms with Crippen LogP contribution < -0.4 is 5.32 Å². The van der Waals surface area contributed by atoms with Crippen molar-refractivity contribution in [3.05, 3.63) is 47.0 Å². The van der Waals surface area contributed by atoms with E-state index in [0.29, 0.717) is 16.8 Å². The minimum absolute atomic E-state index is 0.117. The van der Waals surface area contributed by atoms with Gasteiger partial charge in [0.15, 0.2) is 17.5 Å². The van der Waals surface area contributed by atoms with E-state index in [1.807, 2.05) is 0 Å². The number of hydrogen-bond acceptors (Lipinski definition) is 2. The predicted octanol–water partition coefficient (Wildman–Crippen LogP) is 2.95. The Morgan fingerprint density at radius 1 is 1.20 bits per heavy atom. The Morgan fingerprint density at radius 3 is 2.30 bits per heavy atom. The lowest BCUT2D eigenvalue weighted by atomic mass is 10.2. The molecule has 1 N–H and O–H groups in total. The molecule has 0 unspecified atom stereocenters. The SMILES string of the molecule is CNCc1cnn(-c2cc(F)c(F)c(F)c2)c1C(F)F. The molecule has 0 saturated carbocycles. The van der Waals surface area contributed by atoms with Gasteiger partial charge in [-0.1, -0.05) is 0 Å². The summed E-state index contributed by atoms with van der Waals surface area (Å²) in [4.78, 5) is 0. The molecule has 2 aromatic rings. The topological polar surface area (TPSA) is 29.9 Å². The van der Waals surface area contributed by atoms with Crippen LogP contribution in [-0.2, 0) is 6.54 Å². The van der Waals surface area contributed by atoms with Crippen molar-refractivity contribution in [2.24, 2.45) is 0 Å². The fourth-order valence-electron chi connectivity index (χ4n) is 1.82. The zero-order valence-corrected chi connectivity index (χ0v) is 10.3. The highest BCUT2D eigenvalue weighted by Crippen LogP contribution is 2.27. The number of alkyl halides is 2. The van der Waals surface area contributed by atoms with Gasteiger partial charge in [0.1, 0.15) is 5.69 Å². The van der Waals surface area contributed by atoms with Crippen molar-refractivity contribution in [1.29, 1.82) is 0 Å². The van der Waals surface area contributed by atoms with E-state index in [0.717, 1.165) is 6.20 Å². The molecule has 1 heterocycles. The van der Waals surface area contributed by atoms with Crippen LogP contribution in [0.1, 0.15) is 17.7 Å². The zero-order chi connectivity index (χ0) is 14.9. The molecule has 108 valence electrons. The second kappa shape index (κ2) is 5.58. The molecular weight excluding hydrogens is 281 g/mol. The van der Waals surface area contributed by atoms with Crippen LogP contribution in [0.2, 0.25) is 0 Å². The Morgan fingerprint density at radius 2 is 1.80 bits per heavy atom. The summed E-state index contributed by atoms with van der Waals surface area (Å²) in [6.07, 6.45) is -1.73. The summed E-state index contributed by atoms with van der Waals surface area (Å²) in [6.45, 7) is 0.117. The molecule has 0 amide bonds. The van der Waals surface area contributed by atoms with Gasteiger partial charge >= 0.3 is 0 Å². The van der Waals surface area contributed by atoms with Crippen LogP contribution in [0.15, 0.2) is 18.3 Å². The van der Waals surface area contributed by atoms with Gasteiger partial charge in [0.05, 0.1) is 11.9 Å². The lowest BCUT2D eigenvalue weighted by Gasteiger charge is -2.09. The highest BCUT2D eigenvalue weighted by Gasteiger charge is 2.22. The van der Waals surface area contributed by atoms with E-state index in [2.05, 4.69) is 10.4 Å². The number of benzene rings is 1. The first kappa shape index (κ1) is 14.4. The summed E-state index contributed by atoms with van der Waals surface area (Å²) in [7, 11) is 1.56. The van der Waals surface area contributed by atoms with Crippen LogP contribution in [0.5, 0.6) is 0 Å². The molecule has 0 bridgehead atoms. The largest absolute Gasteiger partial charge is 0.316 e. The molecule has 1 aromatic heterocycles. The molecule has 0 aliphatic heterocycles. The quantitative estimate of drug-likeness (QED) is 0.693. The molecule has 0 spiro atoms. The first-order valence-electron chi connectivity index (χ1n) is 5.60. The number of nitrogens with zero attached hydrogens (tertiary/aromatic N) is 2. The molecule has 0 saturated heterocycles. The maximum atomic E-state index is 13.2. The maximum Gasteiger partial charge on any atom is 0.280 e. The molecule has 20 heavy (non-hydrogen) atoms. The van der Waals surface area contributed by atoms with Crippen LogP contribution in [-0.4, -0.2) is 16.8 Å². The summed E-state index contributed by atoms with van der Waals surface area (Å²) >= 11 is 0. The highest BCUT2D eigenvalue weighted by atomic mass is 19.3. The van der Waals surface area contributed by atoms with E-state index in [1.54, 1.807) is 7.05 Å². The second-order valence-electron chi connectivity index (χ2n) is 4.02. The number of nitrogens with one attached hydrogen (secondary N) is 1. The molecular formula is C12H10F5N3. The number of halogens is 5. The molecule has 2 rings (SSSR count). The van der Waals surface area contributed by atoms with Crippen LogP contribution in [0.3, 0.4) is 0 Å². The summed E-state index contributed by atoms with van der Waals surface area (Å²) in [5, 5.41) is 6.36. The third kappa shape index (κ3) is 2.51. The number of aromatic nitrogens is 2. The summed E-state index contributed by atoms with van der Waals surface area (Å²) in [5.74, 6) is -4.59. The van der Waals surface area contributed by atoms with E-state index in [4.69, 9.17) is 0 Å². The average molecular weight is 291 g/mol. The zero-order valence-electron chi connectivity index (χ0n) is 10.3. The fraction of sp³-hybridized carbons (Fsp3) is 0.250. The van der Waals surface area contributed by atoms with Crippen molar-refractivity contribution in [1.82, 2.24) is 15.1 Å². The second-order valence-corrected chi connectivity index (χ2v) is 4.02. The van der Waals surface area contributed by atoms with Crippen molar-refractivity contribution in [3.8, 4) is 5.69 Å². The van der Waals surface area contributed by atoms with Crippen molar-refractivity contribution in [2.75, 3.05) is 7.05 Å². The molecule has 0 aliphatic carbocycles. The Kier molecular flexibility index (Phi) is 4.03. The summed E-state index contributed by atoms with van der Waals surface area (Å²) in [6, 6.07) is 1.22. The number of rotatable bonds is 4. The number of hydrogen-bond donors (Lipinski definition) is 1. The maximum absolute atomic E-state index is 13.2. The standard InChI is InChI=1S/C12H10F5N3/c1-18-4-6-5-19-20(11(6)12(16)17)7-2-8(13)10(15)9(14)3-7/h2-3,5,12,18H,4H2,1H3. The van der Waals surface area contributed by atoms with Crippen molar-refractivity contribution < 1.29 is 22.0 Å². The first-order chi connectivity index (χ1) is 9.45. The Balaban J connectivity index is 2.58. The summed E-state index contributed by atoms with van der Waals surface area (Å²) in [5.41, 5.74) is -0.614. The van der Waals surface area contributed by atoms with Gasteiger partial charge in [0.25, 0.3) is 6.43 Å². The molecule has 0 atom stereocenters. The van der Waals surface area contributed by atoms with E-state index >= 15 is 0 Å². The smallest absolute Gasteiger partial charge is 0.280 e. The van der Waals surface area contributed by atoms with Gasteiger partial charge in [0, 0.05) is 24.2 Å². The van der Waals surface area contributed by atoms with Crippen LogP contribution in [0.4, 0.5) is 22.0 Å². The summed E-state index contributed by atoms with van der Waals surface area (Å²) < 4.78 is 66.0. The van der Waals surface area contributed by atoms with Gasteiger partial charge in [-0.3, -0.25) is 0 Å². The molecule has 8 heteroatoms. The van der Waals surface area contributed by atoms with Gasteiger partial charge in [-0.15, -0.1) is 0 Å². The molecule has 1 aromatic carbocycles. The lowest BCUT2D eigenvalue weighted by Crippen LogP contribution is -2.10. The van der Waals surface area contributed by atoms with E-state index in [1.165, 1.54) is 0 Å².